The van der Waals surface area contributed by atoms with E-state index in [9.17, 15) is 14.9 Å². The number of rotatable bonds is 5. The van der Waals surface area contributed by atoms with Gasteiger partial charge in [-0.2, -0.15) is 0 Å². The Morgan fingerprint density at radius 1 is 1.50 bits per heavy atom. The molecule has 0 atom stereocenters. The maximum atomic E-state index is 11.3. The summed E-state index contributed by atoms with van der Waals surface area (Å²) in [6.45, 7) is 3.30. The van der Waals surface area contributed by atoms with Gasteiger partial charge in [-0.3, -0.25) is 10.1 Å². The highest BCUT2D eigenvalue weighted by Crippen LogP contribution is 2.31. The summed E-state index contributed by atoms with van der Waals surface area (Å²) in [5, 5.41) is 13.8. The van der Waals surface area contributed by atoms with Crippen LogP contribution in [-0.4, -0.2) is 21.6 Å². The number of amides is 1. The largest absolute Gasteiger partial charge is 0.443 e. The van der Waals surface area contributed by atoms with Gasteiger partial charge in [0.1, 0.15) is 10.6 Å². The number of primary amides is 1. The van der Waals surface area contributed by atoms with Crippen molar-refractivity contribution < 1.29 is 14.5 Å². The van der Waals surface area contributed by atoms with E-state index in [1.54, 1.807) is 37.6 Å². The quantitative estimate of drug-likeness (QED) is 0.672. The van der Waals surface area contributed by atoms with Crippen LogP contribution in [0, 0.1) is 10.1 Å². The van der Waals surface area contributed by atoms with Crippen LogP contribution in [0.1, 0.15) is 19.4 Å². The zero-order chi connectivity index (χ0) is 16.3. The van der Waals surface area contributed by atoms with Crippen molar-refractivity contribution in [2.24, 2.45) is 5.73 Å². The second kappa shape index (κ2) is 6.10. The van der Waals surface area contributed by atoms with Gasteiger partial charge in [-0.25, -0.2) is 9.78 Å². The lowest BCUT2D eigenvalue weighted by Crippen LogP contribution is -2.33. The SMILES string of the molecule is CC(C)(Cc1ccc(-c2nccs2)cc1[N+](=O)[O-])OC(N)=O. The number of carbonyl (C=O) groups excluding carboxylic acids is 1. The van der Waals surface area contributed by atoms with Gasteiger partial charge < -0.3 is 10.5 Å². The standard InChI is InChI=1S/C14H15N3O4S/c1-14(2,21-13(15)18)8-10-4-3-9(7-11(10)17(19)20)12-16-5-6-22-12/h3-7H,8H2,1-2H3,(H2,15,18). The van der Waals surface area contributed by atoms with Crippen molar-refractivity contribution in [1.29, 1.82) is 0 Å². The van der Waals surface area contributed by atoms with Gasteiger partial charge in [0.25, 0.3) is 5.69 Å². The molecular formula is C14H15N3O4S. The first-order chi connectivity index (χ1) is 10.3. The van der Waals surface area contributed by atoms with Crippen molar-refractivity contribution in [3.63, 3.8) is 0 Å². The van der Waals surface area contributed by atoms with E-state index in [-0.39, 0.29) is 12.1 Å². The smallest absolute Gasteiger partial charge is 0.405 e. The number of nitrogens with zero attached hydrogens (tertiary/aromatic N) is 2. The van der Waals surface area contributed by atoms with Gasteiger partial charge in [0, 0.05) is 35.2 Å². The summed E-state index contributed by atoms with van der Waals surface area (Å²) in [5.41, 5.74) is 5.20. The highest BCUT2D eigenvalue weighted by molar-refractivity contribution is 7.13. The maximum Gasteiger partial charge on any atom is 0.405 e. The van der Waals surface area contributed by atoms with Crippen LogP contribution in [0.2, 0.25) is 0 Å². The second-order valence-electron chi connectivity index (χ2n) is 5.30. The molecule has 0 spiro atoms. The molecule has 2 N–H and O–H groups in total. The maximum absolute atomic E-state index is 11.3. The Morgan fingerprint density at radius 3 is 2.77 bits per heavy atom. The average Bonchev–Trinajstić information content (AvgIpc) is 2.90. The molecule has 0 aliphatic carbocycles. The van der Waals surface area contributed by atoms with Gasteiger partial charge in [0.15, 0.2) is 0 Å². The van der Waals surface area contributed by atoms with E-state index in [1.165, 1.54) is 17.4 Å². The summed E-state index contributed by atoms with van der Waals surface area (Å²) >= 11 is 1.40. The van der Waals surface area contributed by atoms with Crippen molar-refractivity contribution in [2.45, 2.75) is 25.9 Å². The van der Waals surface area contributed by atoms with Crippen LogP contribution < -0.4 is 5.73 Å². The summed E-state index contributed by atoms with van der Waals surface area (Å²) in [5.74, 6) is 0. The van der Waals surface area contributed by atoms with Crippen LogP contribution >= 0.6 is 11.3 Å². The molecule has 22 heavy (non-hydrogen) atoms. The number of hydrogen-bond donors (Lipinski definition) is 1. The lowest BCUT2D eigenvalue weighted by molar-refractivity contribution is -0.385. The Morgan fingerprint density at radius 2 is 2.23 bits per heavy atom. The number of ether oxygens (including phenoxy) is 1. The van der Waals surface area contributed by atoms with E-state index in [0.717, 1.165) is 0 Å². The van der Waals surface area contributed by atoms with Crippen molar-refractivity contribution in [1.82, 2.24) is 4.98 Å². The van der Waals surface area contributed by atoms with E-state index in [4.69, 9.17) is 10.5 Å². The molecule has 2 rings (SSSR count). The molecule has 1 aromatic carbocycles. The molecule has 1 heterocycles. The van der Waals surface area contributed by atoms with E-state index in [0.29, 0.717) is 16.1 Å². The number of hydrogen-bond acceptors (Lipinski definition) is 6. The fraction of sp³-hybridized carbons (Fsp3) is 0.286. The topological polar surface area (TPSA) is 108 Å². The van der Waals surface area contributed by atoms with E-state index in [2.05, 4.69) is 4.98 Å². The molecule has 1 amide bonds. The van der Waals surface area contributed by atoms with Crippen LogP contribution in [0.4, 0.5) is 10.5 Å². The Hall–Kier alpha value is -2.48. The van der Waals surface area contributed by atoms with E-state index >= 15 is 0 Å². The van der Waals surface area contributed by atoms with Gasteiger partial charge in [-0.1, -0.05) is 12.1 Å². The summed E-state index contributed by atoms with van der Waals surface area (Å²) in [7, 11) is 0. The molecule has 0 saturated heterocycles. The summed E-state index contributed by atoms with van der Waals surface area (Å²) in [4.78, 5) is 25.9. The number of carbonyl (C=O) groups is 1. The zero-order valence-electron chi connectivity index (χ0n) is 12.1. The number of nitrogens with two attached hydrogens (primary N) is 1. The van der Waals surface area contributed by atoms with Crippen LogP contribution in [-0.2, 0) is 11.2 Å². The molecule has 8 heteroatoms. The first kappa shape index (κ1) is 15.9. The first-order valence-corrected chi connectivity index (χ1v) is 7.32. The van der Waals surface area contributed by atoms with Crippen LogP contribution in [0.25, 0.3) is 10.6 Å². The fourth-order valence-corrected chi connectivity index (χ4v) is 2.78. The van der Waals surface area contributed by atoms with E-state index in [1.807, 2.05) is 0 Å². The van der Waals surface area contributed by atoms with Crippen LogP contribution in [0.5, 0.6) is 0 Å². The van der Waals surface area contributed by atoms with Crippen molar-refractivity contribution >= 4 is 23.1 Å². The number of aromatic nitrogens is 1. The minimum atomic E-state index is -0.931. The average molecular weight is 321 g/mol. The molecule has 7 nitrogen and oxygen atoms in total. The Labute approximate surface area is 130 Å². The third kappa shape index (κ3) is 3.79. The van der Waals surface area contributed by atoms with Crippen molar-refractivity contribution in [2.75, 3.05) is 0 Å². The fourth-order valence-electron chi connectivity index (χ4n) is 2.15. The molecule has 1 aromatic heterocycles. The Kier molecular flexibility index (Phi) is 4.41. The first-order valence-electron chi connectivity index (χ1n) is 6.44. The second-order valence-corrected chi connectivity index (χ2v) is 6.19. The third-order valence-electron chi connectivity index (χ3n) is 2.95. The predicted octanol–water partition coefficient (Wildman–Crippen LogP) is 3.13. The molecule has 0 aliphatic rings. The van der Waals surface area contributed by atoms with Gasteiger partial charge in [-0.15, -0.1) is 11.3 Å². The highest BCUT2D eigenvalue weighted by atomic mass is 32.1. The van der Waals surface area contributed by atoms with Crippen molar-refractivity contribution in [3.05, 3.63) is 45.5 Å². The Bertz CT molecular complexity index is 698. The predicted molar refractivity (Wildman–Crippen MR) is 82.7 cm³/mol. The lowest BCUT2D eigenvalue weighted by Gasteiger charge is -2.23. The lowest BCUT2D eigenvalue weighted by atomic mass is 9.96. The Balaban J connectivity index is 2.36. The zero-order valence-corrected chi connectivity index (χ0v) is 12.9. The summed E-state index contributed by atoms with van der Waals surface area (Å²) < 4.78 is 4.98. The van der Waals surface area contributed by atoms with Crippen molar-refractivity contribution in [3.8, 4) is 10.6 Å². The monoisotopic (exact) mass is 321 g/mol. The van der Waals surface area contributed by atoms with E-state index < -0.39 is 16.6 Å². The third-order valence-corrected chi connectivity index (χ3v) is 3.78. The molecule has 0 fully saturated rings. The van der Waals surface area contributed by atoms with Gasteiger partial charge in [0.2, 0.25) is 0 Å². The van der Waals surface area contributed by atoms with Gasteiger partial charge in [0.05, 0.1) is 4.92 Å². The number of nitro benzene ring substituents is 1. The summed E-state index contributed by atoms with van der Waals surface area (Å²) in [6, 6.07) is 4.90. The normalized spacial score (nSPS) is 11.2. The molecular weight excluding hydrogens is 306 g/mol. The molecule has 0 radical (unpaired) electrons. The number of nitro groups is 1. The molecule has 116 valence electrons. The molecule has 0 bridgehead atoms. The summed E-state index contributed by atoms with van der Waals surface area (Å²) in [6.07, 6.45) is 0.917. The minimum Gasteiger partial charge on any atom is -0.443 e. The van der Waals surface area contributed by atoms with Crippen LogP contribution in [0.3, 0.4) is 0 Å². The molecule has 2 aromatic rings. The minimum absolute atomic E-state index is 0.0335. The molecule has 0 saturated carbocycles. The highest BCUT2D eigenvalue weighted by Gasteiger charge is 2.27. The van der Waals surface area contributed by atoms with Crippen LogP contribution in [0.15, 0.2) is 29.8 Å². The number of benzene rings is 1. The van der Waals surface area contributed by atoms with Gasteiger partial charge in [-0.05, 0) is 13.8 Å². The van der Waals surface area contributed by atoms with Gasteiger partial charge >= 0.3 is 6.09 Å². The molecule has 0 aliphatic heterocycles. The molecule has 0 unspecified atom stereocenters. The number of thiazole rings is 1.